The van der Waals surface area contributed by atoms with E-state index in [1.165, 1.54) is 41.5 Å². The van der Waals surface area contributed by atoms with Gasteiger partial charge in [0, 0.05) is 34.0 Å². The van der Waals surface area contributed by atoms with Crippen molar-refractivity contribution in [3.05, 3.63) is 425 Å². The van der Waals surface area contributed by atoms with Crippen molar-refractivity contribution in [2.45, 2.75) is 0 Å². The minimum atomic E-state index is -3.28. The molecule has 0 saturated carbocycles. The molecule has 25 aromatic rings. The molecule has 0 spiro atoms. The molecule has 0 aliphatic rings. The number of hydrogen-bond acceptors (Lipinski definition) is 7. The first-order valence-electron chi connectivity index (χ1n) is 41.5. The molecule has 0 bridgehead atoms. The van der Waals surface area contributed by atoms with Crippen LogP contribution in [-0.4, -0.2) is 82.5 Å². The number of benzene rings is 16. The molecule has 9 heterocycles. The molecule has 123 heavy (non-hydrogen) atoms. The van der Waals surface area contributed by atoms with Crippen molar-refractivity contribution >= 4 is 163 Å². The Morgan fingerprint density at radius 3 is 0.862 bits per heavy atom. The zero-order chi connectivity index (χ0) is 80.9. The average Bonchev–Trinajstić information content (AvgIpc) is 1.54. The normalized spacial score (nSPS) is 12.2. The summed E-state index contributed by atoms with van der Waals surface area (Å²) in [5, 5.41) is 12.3. The summed E-state index contributed by atoms with van der Waals surface area (Å²) in [7, 11) is -6.53. The molecule has 16 heteroatoms. The first-order chi connectivity index (χ1) is 61.0. The maximum Gasteiger partial charge on any atom is 0.221 e. The minimum absolute atomic E-state index is 0.580. The van der Waals surface area contributed by atoms with Gasteiger partial charge < -0.3 is 0 Å². The maximum absolute atomic E-state index is 5.65. The summed E-state index contributed by atoms with van der Waals surface area (Å²) in [6, 6.07) is 154. The van der Waals surface area contributed by atoms with E-state index in [1.807, 2.05) is 42.5 Å². The summed E-state index contributed by atoms with van der Waals surface area (Å²) in [5.41, 5.74) is 17.8. The molecule has 0 aliphatic heterocycles. The number of rotatable bonds is 15. The third kappa shape index (κ3) is 10.6. The van der Waals surface area contributed by atoms with Gasteiger partial charge in [-0.25, -0.2) is 34.9 Å². The van der Waals surface area contributed by atoms with Gasteiger partial charge in [0.05, 0.1) is 77.2 Å². The molecule has 0 radical (unpaired) electrons. The lowest BCUT2D eigenvalue weighted by atomic mass is 10.1. The van der Waals surface area contributed by atoms with E-state index in [0.717, 1.165) is 133 Å². The van der Waals surface area contributed by atoms with Crippen LogP contribution < -0.4 is 41.5 Å². The number of aromatic nitrogens is 14. The molecule has 0 atom stereocenters. The van der Waals surface area contributed by atoms with Crippen LogP contribution in [-0.2, 0) is 0 Å². The molecule has 0 saturated heterocycles. The fourth-order valence-electron chi connectivity index (χ4n) is 19.8. The van der Waals surface area contributed by atoms with Gasteiger partial charge in [-0.05, 0) is 138 Å². The third-order valence-electron chi connectivity index (χ3n) is 25.1. The zero-order valence-electron chi connectivity index (χ0n) is 66.2. The molecule has 0 amide bonds. The van der Waals surface area contributed by atoms with Gasteiger partial charge >= 0.3 is 0 Å². The molecule has 0 unspecified atom stereocenters. The summed E-state index contributed by atoms with van der Waals surface area (Å²) >= 11 is 0. The van der Waals surface area contributed by atoms with Crippen molar-refractivity contribution in [1.29, 1.82) is 0 Å². The smallest absolute Gasteiger partial charge is 0.221 e. The van der Waals surface area contributed by atoms with E-state index < -0.39 is 16.1 Å². The van der Waals surface area contributed by atoms with Gasteiger partial charge in [0.15, 0.2) is 27.8 Å². The SMILES string of the molecule is c1ccc(-c2nc(-n3c4ccccc4c4ccccc43)cc(-n3c4ccccc4n4c5cc([Si](c6ccccc6)(c6ccccc6)c6cccc(-c7ccc([Si](c8ccccc8)(c8ccccc8)c8ccc9nc%10n(-c%11cc(-n%12c%13ccccc%13n%13c%14ccccc%14nc%12%13)nc(-c%12ccccc%12)n%11)c%11ccccc%11n%10c9c8)cc7)c6)ccc5nc34)n2)cc1. The van der Waals surface area contributed by atoms with E-state index in [0.29, 0.717) is 29.1 Å². The molecule has 9 aromatic heterocycles. The average molecular weight is 1610 g/mol. The maximum atomic E-state index is 5.65. The zero-order valence-corrected chi connectivity index (χ0v) is 68.2. The van der Waals surface area contributed by atoms with Crippen molar-refractivity contribution in [1.82, 2.24) is 66.4 Å². The van der Waals surface area contributed by atoms with E-state index in [1.54, 1.807) is 0 Å². The fourth-order valence-corrected chi connectivity index (χ4v) is 29.3. The van der Waals surface area contributed by atoms with Crippen LogP contribution in [0.15, 0.2) is 425 Å². The molecule has 16 aromatic carbocycles. The Labute approximate surface area is 706 Å². The van der Waals surface area contributed by atoms with Gasteiger partial charge in [-0.2, -0.15) is 0 Å². The highest BCUT2D eigenvalue weighted by Crippen LogP contribution is 2.38. The van der Waals surface area contributed by atoms with Crippen molar-refractivity contribution in [2.75, 3.05) is 0 Å². The molecule has 576 valence electrons. The Bertz CT molecular complexity index is 8380. The van der Waals surface area contributed by atoms with Crippen molar-refractivity contribution in [3.8, 4) is 57.2 Å². The second kappa shape index (κ2) is 27.7. The number of fused-ring (bicyclic) bond motifs is 18. The number of para-hydroxylation sites is 10. The lowest BCUT2D eigenvalue weighted by molar-refractivity contribution is 0.970. The summed E-state index contributed by atoms with van der Waals surface area (Å²) in [5.74, 6) is 6.26. The first-order valence-corrected chi connectivity index (χ1v) is 45.5. The molecule has 0 N–H and O–H groups in total. The summed E-state index contributed by atoms with van der Waals surface area (Å²) in [6.45, 7) is 0. The lowest BCUT2D eigenvalue weighted by Crippen LogP contribution is -2.74. The molecular formula is C107H70N14Si2. The van der Waals surface area contributed by atoms with Crippen LogP contribution in [0, 0.1) is 0 Å². The largest absolute Gasteiger partial charge is 0.294 e. The van der Waals surface area contributed by atoms with Gasteiger partial charge in [0.25, 0.3) is 0 Å². The lowest BCUT2D eigenvalue weighted by Gasteiger charge is -2.35. The van der Waals surface area contributed by atoms with Crippen molar-refractivity contribution < 1.29 is 0 Å². The Morgan fingerprint density at radius 2 is 0.447 bits per heavy atom. The molecule has 0 aliphatic carbocycles. The van der Waals surface area contributed by atoms with E-state index in [9.17, 15) is 0 Å². The second-order valence-corrected chi connectivity index (χ2v) is 39.3. The topological polar surface area (TPSA) is 123 Å². The summed E-state index contributed by atoms with van der Waals surface area (Å²) in [6.07, 6.45) is 0. The van der Waals surface area contributed by atoms with Gasteiger partial charge in [0.2, 0.25) is 17.3 Å². The Hall–Kier alpha value is -16.3. The van der Waals surface area contributed by atoms with Crippen molar-refractivity contribution in [3.63, 3.8) is 0 Å². The highest BCUT2D eigenvalue weighted by Gasteiger charge is 2.44. The van der Waals surface area contributed by atoms with E-state index in [4.69, 9.17) is 34.9 Å². The minimum Gasteiger partial charge on any atom is -0.294 e. The van der Waals surface area contributed by atoms with Gasteiger partial charge in [-0.15, -0.1) is 0 Å². The number of nitrogens with zero attached hydrogens (tertiary/aromatic N) is 14. The summed E-state index contributed by atoms with van der Waals surface area (Å²) in [4.78, 5) is 38.5. The molecule has 25 rings (SSSR count). The third-order valence-corrected chi connectivity index (χ3v) is 34.6. The predicted molar refractivity (Wildman–Crippen MR) is 505 cm³/mol. The van der Waals surface area contributed by atoms with Crippen LogP contribution in [0.3, 0.4) is 0 Å². The van der Waals surface area contributed by atoms with Crippen LogP contribution >= 0.6 is 0 Å². The van der Waals surface area contributed by atoms with Crippen LogP contribution in [0.5, 0.6) is 0 Å². The molecule has 0 fully saturated rings. The van der Waals surface area contributed by atoms with Crippen molar-refractivity contribution in [2.24, 2.45) is 0 Å². The van der Waals surface area contributed by atoms with Crippen LogP contribution in [0.25, 0.3) is 163 Å². The van der Waals surface area contributed by atoms with Gasteiger partial charge in [-0.3, -0.25) is 31.5 Å². The number of hydrogen-bond donors (Lipinski definition) is 0. The highest BCUT2D eigenvalue weighted by atomic mass is 28.3. The number of imidazole rings is 6. The predicted octanol–water partition coefficient (Wildman–Crippen LogP) is 18.4. The monoisotopic (exact) mass is 1610 g/mol. The van der Waals surface area contributed by atoms with E-state index in [2.05, 4.69) is 414 Å². The quantitative estimate of drug-likeness (QED) is 0.0740. The molecular weight excluding hydrogens is 1540 g/mol. The standard InChI is InChI=1S/C107H70N14Si2/c1-7-32-72(33-8-1)103-111-99(115-88-49-22-19-46-83(88)84-47-20-23-50-89(84)115)69-100(112-103)120-95-56-29-26-53-92(95)118-98-68-82(63-65-87(98)110-106(118)120)123(77-41-15-5-16-42-77,78-43-17-6-18-44-78)80-45-31-36-74(66-80)71-58-60-79(61-59-71)122(75-37-11-3-12-38-75,76-39-13-4-14-40-76)81-62-64-86-97(67-81)117-93-54-27-30-57-96(93)121(107(117)109-86)102-70-101(113-104(114-102)73-34-9-2-10-35-73)119-94-55-28-25-52-91(94)116-90-51-24-21-48-85(90)108-105(116)119/h1-70H. The summed E-state index contributed by atoms with van der Waals surface area (Å²) < 4.78 is 15.8. The van der Waals surface area contributed by atoms with Gasteiger partial charge in [0.1, 0.15) is 23.3 Å². The first kappa shape index (κ1) is 69.8. The fraction of sp³-hybridized carbons (Fsp3) is 0. The Kier molecular flexibility index (Phi) is 15.7. The van der Waals surface area contributed by atoms with E-state index in [-0.39, 0.29) is 0 Å². The van der Waals surface area contributed by atoms with Crippen LogP contribution in [0.2, 0.25) is 0 Å². The highest BCUT2D eigenvalue weighted by molar-refractivity contribution is 7.20. The Morgan fingerprint density at radius 1 is 0.163 bits per heavy atom. The van der Waals surface area contributed by atoms with E-state index >= 15 is 0 Å². The second-order valence-electron chi connectivity index (χ2n) is 31.6. The van der Waals surface area contributed by atoms with Crippen LogP contribution in [0.1, 0.15) is 0 Å². The van der Waals surface area contributed by atoms with Gasteiger partial charge in [-0.1, -0.05) is 328 Å². The molecule has 14 nitrogen and oxygen atoms in total. The Balaban J connectivity index is 0.643. The van der Waals surface area contributed by atoms with Crippen LogP contribution in [0.4, 0.5) is 0 Å².